The normalized spacial score (nSPS) is 9.94. The van der Waals surface area contributed by atoms with Gasteiger partial charge >= 0.3 is 0 Å². The van der Waals surface area contributed by atoms with Gasteiger partial charge in [-0.15, -0.1) is 0 Å². The van der Waals surface area contributed by atoms with E-state index in [2.05, 4.69) is 16.7 Å². The molecule has 1 aromatic carbocycles. The van der Waals surface area contributed by atoms with E-state index in [4.69, 9.17) is 5.26 Å². The van der Waals surface area contributed by atoms with Crippen LogP contribution >= 0.6 is 0 Å². The molecule has 4 nitrogen and oxygen atoms in total. The summed E-state index contributed by atoms with van der Waals surface area (Å²) in [5, 5.41) is 15.0. The van der Waals surface area contributed by atoms with Crippen LogP contribution in [0.2, 0.25) is 0 Å². The average Bonchev–Trinajstić information content (AvgIpc) is 2.28. The second kappa shape index (κ2) is 6.65. The fourth-order valence-corrected chi connectivity index (χ4v) is 1.67. The van der Waals surface area contributed by atoms with Gasteiger partial charge in [-0.25, -0.2) is 0 Å². The van der Waals surface area contributed by atoms with Gasteiger partial charge in [-0.2, -0.15) is 5.26 Å². The monoisotopic (exact) mass is 245 g/mol. The van der Waals surface area contributed by atoms with Crippen molar-refractivity contribution in [3.63, 3.8) is 0 Å². The Labute approximate surface area is 108 Å². The number of carbonyl (C=O) groups is 1. The van der Waals surface area contributed by atoms with Gasteiger partial charge in [-0.1, -0.05) is 12.1 Å². The quantitative estimate of drug-likeness (QED) is 0.835. The fraction of sp³-hybridized carbons (Fsp3) is 0.429. The number of rotatable bonds is 5. The molecule has 0 bridgehead atoms. The highest BCUT2D eigenvalue weighted by Crippen LogP contribution is 2.17. The molecule has 0 saturated carbocycles. The van der Waals surface area contributed by atoms with E-state index in [0.29, 0.717) is 18.5 Å². The lowest BCUT2D eigenvalue weighted by atomic mass is 10.1. The Morgan fingerprint density at radius 3 is 2.78 bits per heavy atom. The van der Waals surface area contributed by atoms with Crippen LogP contribution in [-0.2, 0) is 4.79 Å². The van der Waals surface area contributed by atoms with Crippen molar-refractivity contribution in [3.8, 4) is 6.07 Å². The molecule has 2 N–H and O–H groups in total. The highest BCUT2D eigenvalue weighted by Gasteiger charge is 2.06. The van der Waals surface area contributed by atoms with E-state index < -0.39 is 0 Å². The number of nitrogens with one attached hydrogen (secondary N) is 2. The van der Waals surface area contributed by atoms with Crippen molar-refractivity contribution in [1.29, 1.82) is 5.26 Å². The maximum absolute atomic E-state index is 11.4. The summed E-state index contributed by atoms with van der Waals surface area (Å²) < 4.78 is 0. The highest BCUT2D eigenvalue weighted by molar-refractivity contribution is 5.76. The molecule has 96 valence electrons. The molecule has 0 heterocycles. The number of hydrogen-bond donors (Lipinski definition) is 2. The summed E-state index contributed by atoms with van der Waals surface area (Å²) in [6, 6.07) is 7.98. The van der Waals surface area contributed by atoms with Crippen LogP contribution in [0.3, 0.4) is 0 Å². The van der Waals surface area contributed by atoms with Crippen LogP contribution in [0.15, 0.2) is 18.2 Å². The number of benzene rings is 1. The molecule has 0 aromatic heterocycles. The maximum atomic E-state index is 11.4. The number of anilines is 1. The van der Waals surface area contributed by atoms with Crippen molar-refractivity contribution >= 4 is 11.6 Å². The molecular weight excluding hydrogens is 226 g/mol. The smallest absolute Gasteiger partial charge is 0.221 e. The van der Waals surface area contributed by atoms with E-state index in [1.54, 1.807) is 0 Å². The van der Waals surface area contributed by atoms with Gasteiger partial charge in [0.15, 0.2) is 0 Å². The molecule has 1 rings (SSSR count). The minimum absolute atomic E-state index is 0.0173. The number of aryl methyl sites for hydroxylation is 1. The SMILES string of the molecule is Cc1cccc(NCCC(=O)NC(C)C)c1C#N. The molecule has 1 aromatic rings. The first-order valence-corrected chi connectivity index (χ1v) is 6.07. The predicted molar refractivity (Wildman–Crippen MR) is 72.3 cm³/mol. The van der Waals surface area contributed by atoms with Gasteiger partial charge in [0.1, 0.15) is 6.07 Å². The van der Waals surface area contributed by atoms with Crippen molar-refractivity contribution in [2.75, 3.05) is 11.9 Å². The lowest BCUT2D eigenvalue weighted by molar-refractivity contribution is -0.121. The summed E-state index contributed by atoms with van der Waals surface area (Å²) in [7, 11) is 0. The first-order valence-electron chi connectivity index (χ1n) is 6.07. The van der Waals surface area contributed by atoms with Gasteiger partial charge < -0.3 is 10.6 Å². The van der Waals surface area contributed by atoms with Crippen LogP contribution in [-0.4, -0.2) is 18.5 Å². The summed E-state index contributed by atoms with van der Waals surface area (Å²) in [6.45, 7) is 6.28. The van der Waals surface area contributed by atoms with E-state index in [-0.39, 0.29) is 11.9 Å². The topological polar surface area (TPSA) is 64.9 Å². The summed E-state index contributed by atoms with van der Waals surface area (Å²) in [6.07, 6.45) is 0.400. The van der Waals surface area contributed by atoms with Crippen LogP contribution in [0.25, 0.3) is 0 Å². The number of nitrogens with zero attached hydrogens (tertiary/aromatic N) is 1. The minimum atomic E-state index is 0.0173. The summed E-state index contributed by atoms with van der Waals surface area (Å²) >= 11 is 0. The molecule has 0 aliphatic carbocycles. The number of carbonyl (C=O) groups excluding carboxylic acids is 1. The average molecular weight is 245 g/mol. The van der Waals surface area contributed by atoms with Crippen LogP contribution in [0.5, 0.6) is 0 Å². The third-order valence-electron chi connectivity index (χ3n) is 2.50. The standard InChI is InChI=1S/C14H19N3O/c1-10(2)17-14(18)7-8-16-13-6-4-5-11(3)12(13)9-15/h4-6,10,16H,7-8H2,1-3H3,(H,17,18). The highest BCUT2D eigenvalue weighted by atomic mass is 16.1. The Balaban J connectivity index is 2.52. The number of hydrogen-bond acceptors (Lipinski definition) is 3. The third-order valence-corrected chi connectivity index (χ3v) is 2.50. The molecule has 0 radical (unpaired) electrons. The van der Waals surface area contributed by atoms with Gasteiger partial charge in [0.25, 0.3) is 0 Å². The Morgan fingerprint density at radius 1 is 1.44 bits per heavy atom. The van der Waals surface area contributed by atoms with Crippen LogP contribution in [0, 0.1) is 18.3 Å². The Bertz CT molecular complexity index is 461. The van der Waals surface area contributed by atoms with Crippen LogP contribution in [0.1, 0.15) is 31.4 Å². The molecular formula is C14H19N3O. The first kappa shape index (κ1) is 14.0. The number of amides is 1. The second-order valence-electron chi connectivity index (χ2n) is 4.51. The van der Waals surface area contributed by atoms with E-state index in [0.717, 1.165) is 11.3 Å². The number of nitriles is 1. The van der Waals surface area contributed by atoms with E-state index in [9.17, 15) is 4.79 Å². The van der Waals surface area contributed by atoms with E-state index in [1.165, 1.54) is 0 Å². The molecule has 0 unspecified atom stereocenters. The molecule has 0 aliphatic heterocycles. The van der Waals surface area contributed by atoms with Crippen molar-refractivity contribution in [3.05, 3.63) is 29.3 Å². The van der Waals surface area contributed by atoms with Crippen molar-refractivity contribution in [1.82, 2.24) is 5.32 Å². The maximum Gasteiger partial charge on any atom is 0.221 e. The second-order valence-corrected chi connectivity index (χ2v) is 4.51. The van der Waals surface area contributed by atoms with Gasteiger partial charge in [-0.3, -0.25) is 4.79 Å². The molecule has 0 aliphatic rings. The fourth-order valence-electron chi connectivity index (χ4n) is 1.67. The van der Waals surface area contributed by atoms with Gasteiger partial charge in [0.2, 0.25) is 5.91 Å². The Hall–Kier alpha value is -2.02. The molecule has 18 heavy (non-hydrogen) atoms. The lowest BCUT2D eigenvalue weighted by Gasteiger charge is -2.11. The summed E-state index contributed by atoms with van der Waals surface area (Å²) in [5.74, 6) is 0.0173. The molecule has 4 heteroatoms. The predicted octanol–water partition coefficient (Wildman–Crippen LogP) is 2.19. The first-order chi connectivity index (χ1) is 8.54. The van der Waals surface area contributed by atoms with Crippen LogP contribution < -0.4 is 10.6 Å². The minimum Gasteiger partial charge on any atom is -0.383 e. The molecule has 0 spiro atoms. The lowest BCUT2D eigenvalue weighted by Crippen LogP contribution is -2.31. The van der Waals surface area contributed by atoms with Gasteiger partial charge in [0, 0.05) is 19.0 Å². The van der Waals surface area contributed by atoms with Gasteiger partial charge in [0.05, 0.1) is 11.3 Å². The summed E-state index contributed by atoms with van der Waals surface area (Å²) in [4.78, 5) is 11.4. The Morgan fingerprint density at radius 2 is 2.17 bits per heavy atom. The zero-order valence-electron chi connectivity index (χ0n) is 11.1. The summed E-state index contributed by atoms with van der Waals surface area (Å²) in [5.41, 5.74) is 2.37. The molecule has 0 atom stereocenters. The van der Waals surface area contributed by atoms with Crippen molar-refractivity contribution < 1.29 is 4.79 Å². The van der Waals surface area contributed by atoms with E-state index in [1.807, 2.05) is 39.0 Å². The molecule has 1 amide bonds. The Kier molecular flexibility index (Phi) is 5.19. The van der Waals surface area contributed by atoms with Crippen molar-refractivity contribution in [2.24, 2.45) is 0 Å². The van der Waals surface area contributed by atoms with E-state index >= 15 is 0 Å². The largest absolute Gasteiger partial charge is 0.383 e. The zero-order chi connectivity index (χ0) is 13.5. The zero-order valence-corrected chi connectivity index (χ0v) is 11.1. The van der Waals surface area contributed by atoms with Gasteiger partial charge in [-0.05, 0) is 32.4 Å². The third kappa shape index (κ3) is 4.10. The van der Waals surface area contributed by atoms with Crippen molar-refractivity contribution in [2.45, 2.75) is 33.2 Å². The molecule has 0 saturated heterocycles. The molecule has 0 fully saturated rings. The van der Waals surface area contributed by atoms with Crippen LogP contribution in [0.4, 0.5) is 5.69 Å².